The van der Waals surface area contributed by atoms with Gasteiger partial charge in [0.05, 0.1) is 12.1 Å². The summed E-state index contributed by atoms with van der Waals surface area (Å²) in [4.78, 5) is 39.2. The molecule has 0 aromatic rings. The first-order chi connectivity index (χ1) is 18.8. The fourth-order valence-electron chi connectivity index (χ4n) is 9.29. The van der Waals surface area contributed by atoms with Crippen molar-refractivity contribution in [2.24, 2.45) is 34.8 Å². The zero-order valence-corrected chi connectivity index (χ0v) is 24.4. The van der Waals surface area contributed by atoms with Gasteiger partial charge in [-0.25, -0.2) is 9.59 Å². The maximum absolute atomic E-state index is 13.9. The zero-order valence-electron chi connectivity index (χ0n) is 24.4. The van der Waals surface area contributed by atoms with Gasteiger partial charge in [-0.2, -0.15) is 0 Å². The van der Waals surface area contributed by atoms with E-state index in [4.69, 9.17) is 29.4 Å². The summed E-state index contributed by atoms with van der Waals surface area (Å²) in [6.07, 6.45) is 0.864. The minimum Gasteiger partial charge on any atom is -0.458 e. The molecule has 2 saturated carbocycles. The van der Waals surface area contributed by atoms with Crippen LogP contribution in [0.25, 0.3) is 0 Å². The molecule has 0 aromatic heterocycles. The van der Waals surface area contributed by atoms with Crippen LogP contribution >= 0.6 is 0 Å². The SMILES string of the molecule is CC(C)[C@H](N)C(=O)N[C@@H](C(=O)O[C@@H]1[C@@]2(C(C)C)O[C@H]2[C@@H]2O[C@@]23[C@@]2(C)CCC4=C(COC4=O)[C@@H]2C2C[C@@]13O2)C(C)C. The van der Waals surface area contributed by atoms with Crippen molar-refractivity contribution in [2.45, 2.75) is 121 Å². The summed E-state index contributed by atoms with van der Waals surface area (Å²) in [6, 6.07) is -1.59. The first-order valence-electron chi connectivity index (χ1n) is 15.0. The number of carbonyl (C=O) groups excluding carboxylic acids is 3. The highest BCUT2D eigenvalue weighted by Crippen LogP contribution is 2.82. The van der Waals surface area contributed by atoms with Gasteiger partial charge in [0.25, 0.3) is 0 Å². The van der Waals surface area contributed by atoms with Gasteiger partial charge in [-0.1, -0.05) is 48.5 Å². The maximum Gasteiger partial charge on any atom is 0.334 e. The van der Waals surface area contributed by atoms with Crippen LogP contribution in [-0.2, 0) is 38.1 Å². The molecule has 4 saturated heterocycles. The molecule has 5 heterocycles. The summed E-state index contributed by atoms with van der Waals surface area (Å²) in [5.41, 5.74) is 5.35. The van der Waals surface area contributed by atoms with Gasteiger partial charge in [0.2, 0.25) is 5.91 Å². The average molecular weight is 559 g/mol. The van der Waals surface area contributed by atoms with Crippen molar-refractivity contribution < 1.29 is 38.1 Å². The third-order valence-electron chi connectivity index (χ3n) is 11.5. The number of esters is 2. The van der Waals surface area contributed by atoms with Crippen LogP contribution < -0.4 is 11.1 Å². The summed E-state index contributed by atoms with van der Waals surface area (Å²) in [5, 5.41) is 2.85. The van der Waals surface area contributed by atoms with Gasteiger partial charge in [-0.15, -0.1) is 0 Å². The Bertz CT molecular complexity index is 1220. The second-order valence-electron chi connectivity index (χ2n) is 14.4. The number of nitrogens with two attached hydrogens (primary N) is 1. The Hall–Kier alpha value is -2.01. The lowest BCUT2D eigenvalue weighted by Gasteiger charge is -2.70. The number of nitrogens with one attached hydrogen (secondary N) is 1. The van der Waals surface area contributed by atoms with Crippen LogP contribution in [0.4, 0.5) is 0 Å². The molecule has 220 valence electrons. The van der Waals surface area contributed by atoms with Gasteiger partial charge in [-0.05, 0) is 36.2 Å². The third-order valence-corrected chi connectivity index (χ3v) is 11.5. The quantitative estimate of drug-likeness (QED) is 0.353. The Morgan fingerprint density at radius 2 is 1.75 bits per heavy atom. The van der Waals surface area contributed by atoms with Crippen molar-refractivity contribution in [3.63, 3.8) is 0 Å². The number of fused-ring (bicyclic) bond motifs is 2. The minimum absolute atomic E-state index is 0.0106. The van der Waals surface area contributed by atoms with E-state index in [1.54, 1.807) is 0 Å². The van der Waals surface area contributed by atoms with Crippen LogP contribution in [0.1, 0.15) is 67.7 Å². The van der Waals surface area contributed by atoms with E-state index < -0.39 is 41.0 Å². The first-order valence-corrected chi connectivity index (χ1v) is 15.0. The van der Waals surface area contributed by atoms with E-state index in [0.717, 1.165) is 17.6 Å². The molecule has 8 rings (SSSR count). The highest BCUT2D eigenvalue weighted by atomic mass is 16.7. The monoisotopic (exact) mass is 558 g/mol. The highest BCUT2D eigenvalue weighted by molar-refractivity contribution is 5.92. The maximum atomic E-state index is 13.9. The summed E-state index contributed by atoms with van der Waals surface area (Å²) in [6.45, 7) is 14.2. The Balaban J connectivity index is 1.24. The molecule has 11 atom stereocenters. The van der Waals surface area contributed by atoms with E-state index in [9.17, 15) is 14.4 Å². The Labute approximate surface area is 235 Å². The topological polar surface area (TPSA) is 142 Å². The largest absolute Gasteiger partial charge is 0.458 e. The number of carbonyl (C=O) groups is 3. The highest BCUT2D eigenvalue weighted by Gasteiger charge is 2.99. The normalized spacial score (nSPS) is 46.8. The van der Waals surface area contributed by atoms with Crippen molar-refractivity contribution in [1.29, 1.82) is 0 Å². The van der Waals surface area contributed by atoms with Crippen LogP contribution in [0.5, 0.6) is 0 Å². The molecular formula is C30H42N2O8. The molecule has 1 amide bonds. The summed E-state index contributed by atoms with van der Waals surface area (Å²) >= 11 is 0. The summed E-state index contributed by atoms with van der Waals surface area (Å²) < 4.78 is 32.1. The van der Waals surface area contributed by atoms with Gasteiger partial charge in [0.1, 0.15) is 41.7 Å². The number of cyclic esters (lactones) is 1. The number of epoxide rings is 2. The molecule has 10 heteroatoms. The van der Waals surface area contributed by atoms with Crippen LogP contribution in [0.15, 0.2) is 11.1 Å². The van der Waals surface area contributed by atoms with Gasteiger partial charge >= 0.3 is 11.9 Å². The Morgan fingerprint density at radius 1 is 1.05 bits per heavy atom. The second-order valence-corrected chi connectivity index (χ2v) is 14.4. The fraction of sp³-hybridized carbons (Fsp3) is 0.833. The second kappa shape index (κ2) is 8.08. The Kier molecular flexibility index (Phi) is 5.43. The van der Waals surface area contributed by atoms with Crippen LogP contribution in [0.3, 0.4) is 0 Å². The predicted octanol–water partition coefficient (Wildman–Crippen LogP) is 1.78. The molecule has 6 fully saturated rings. The molecule has 2 spiro atoms. The molecule has 3 aliphatic carbocycles. The minimum atomic E-state index is -0.865. The lowest BCUT2D eigenvalue weighted by Crippen LogP contribution is -2.84. The molecule has 40 heavy (non-hydrogen) atoms. The summed E-state index contributed by atoms with van der Waals surface area (Å²) in [7, 11) is 0. The average Bonchev–Trinajstić information content (AvgIpc) is 3.75. The first kappa shape index (κ1) is 26.9. The lowest BCUT2D eigenvalue weighted by atomic mass is 9.42. The van der Waals surface area contributed by atoms with Crippen LogP contribution in [0.2, 0.25) is 0 Å². The molecule has 0 aromatic carbocycles. The molecular weight excluding hydrogens is 516 g/mol. The van der Waals surface area contributed by atoms with Gasteiger partial charge in [0, 0.05) is 23.3 Å². The zero-order chi connectivity index (χ0) is 28.7. The van der Waals surface area contributed by atoms with Gasteiger partial charge in [0.15, 0.2) is 6.10 Å². The summed E-state index contributed by atoms with van der Waals surface area (Å²) in [5.74, 6) is -1.32. The van der Waals surface area contributed by atoms with E-state index in [2.05, 4.69) is 26.1 Å². The number of hydrogen-bond donors (Lipinski definition) is 2. The van der Waals surface area contributed by atoms with Gasteiger partial charge in [-0.3, -0.25) is 4.79 Å². The van der Waals surface area contributed by atoms with E-state index in [0.29, 0.717) is 19.4 Å². The third kappa shape index (κ3) is 2.91. The number of rotatable bonds is 7. The number of hydrogen-bond acceptors (Lipinski definition) is 9. The van der Waals surface area contributed by atoms with Crippen molar-refractivity contribution >= 4 is 17.8 Å². The predicted molar refractivity (Wildman–Crippen MR) is 141 cm³/mol. The van der Waals surface area contributed by atoms with Crippen molar-refractivity contribution in [2.75, 3.05) is 6.61 Å². The van der Waals surface area contributed by atoms with Gasteiger partial charge < -0.3 is 34.7 Å². The smallest absolute Gasteiger partial charge is 0.334 e. The van der Waals surface area contributed by atoms with Crippen molar-refractivity contribution in [1.82, 2.24) is 5.32 Å². The number of amides is 1. The van der Waals surface area contributed by atoms with E-state index in [1.807, 2.05) is 27.7 Å². The van der Waals surface area contributed by atoms with E-state index >= 15 is 0 Å². The van der Waals surface area contributed by atoms with Crippen molar-refractivity contribution in [3.8, 4) is 0 Å². The molecule has 2 bridgehead atoms. The Morgan fingerprint density at radius 3 is 2.38 bits per heavy atom. The number of ether oxygens (including phenoxy) is 5. The molecule has 10 nitrogen and oxygen atoms in total. The molecule has 8 aliphatic rings. The van der Waals surface area contributed by atoms with E-state index in [-0.39, 0.29) is 59.3 Å². The molecule has 3 N–H and O–H groups in total. The standard InChI is InChI=1S/C30H42N2O8/c1-12(2)19(31)23(33)32-20(13(3)4)25(35)37-26-28-10-17(38-28)18-16-11-36-24(34)15(16)8-9-27(18,7)30(28)22(40-30)21-29(26,39-21)14(5)6/h12-14,17-22,26H,8-11,31H2,1-7H3,(H,32,33)/t17?,18-,19+,20-,21+,22+,26+,27+,28-,29+,30-/m1/s1. The lowest BCUT2D eigenvalue weighted by molar-refractivity contribution is -0.367. The van der Waals surface area contributed by atoms with E-state index in [1.165, 1.54) is 0 Å². The van der Waals surface area contributed by atoms with Crippen molar-refractivity contribution in [3.05, 3.63) is 11.1 Å². The molecule has 1 unspecified atom stereocenters. The molecule has 0 radical (unpaired) electrons. The molecule has 5 aliphatic heterocycles. The fourth-order valence-corrected chi connectivity index (χ4v) is 9.29. The van der Waals surface area contributed by atoms with Crippen LogP contribution in [-0.4, -0.2) is 77.8 Å². The van der Waals surface area contributed by atoms with Crippen LogP contribution in [0, 0.1) is 29.1 Å².